The molecule has 5 heteroatoms. The van der Waals surface area contributed by atoms with Gasteiger partial charge >= 0.3 is 0 Å². The topological polar surface area (TPSA) is 48.7 Å². The van der Waals surface area contributed by atoms with E-state index in [1.165, 1.54) is 0 Å². The third-order valence-electron chi connectivity index (χ3n) is 2.58. The molecule has 1 aromatic heterocycles. The number of hydrogen-bond donors (Lipinski definition) is 1. The van der Waals surface area contributed by atoms with Gasteiger partial charge in [0.1, 0.15) is 5.69 Å². The Kier molecular flexibility index (Phi) is 4.04. The van der Waals surface area contributed by atoms with Crippen LogP contribution < -0.4 is 5.32 Å². The fraction of sp³-hybridized carbons (Fsp3) is 0.143. The Hall–Kier alpha value is -2.48. The molecule has 96 valence electrons. The van der Waals surface area contributed by atoms with Crippen molar-refractivity contribution in [3.8, 4) is 6.07 Å². The van der Waals surface area contributed by atoms with Gasteiger partial charge in [0.05, 0.1) is 11.6 Å². The second kappa shape index (κ2) is 5.91. The molecule has 0 aliphatic carbocycles. The molecular formula is C14H11F2N3. The van der Waals surface area contributed by atoms with Gasteiger partial charge < -0.3 is 5.32 Å². The summed E-state index contributed by atoms with van der Waals surface area (Å²) in [5.74, 6) is -1.53. The van der Waals surface area contributed by atoms with Crippen molar-refractivity contribution in [2.75, 3.05) is 11.9 Å². The first-order valence-electron chi connectivity index (χ1n) is 5.73. The summed E-state index contributed by atoms with van der Waals surface area (Å²) in [5, 5.41) is 11.3. The molecular weight excluding hydrogens is 248 g/mol. The second-order valence-corrected chi connectivity index (χ2v) is 3.92. The van der Waals surface area contributed by atoms with E-state index >= 15 is 0 Å². The molecule has 2 rings (SSSR count). The lowest BCUT2D eigenvalue weighted by atomic mass is 10.2. The monoisotopic (exact) mass is 259 g/mol. The van der Waals surface area contributed by atoms with Crippen LogP contribution in [0.2, 0.25) is 0 Å². The number of nitriles is 1. The standard InChI is InChI=1S/C14H11F2N3/c15-12-7-10(9-17)8-13(16)14(12)19-6-4-11-3-1-2-5-18-11/h1-3,5,7-8,19H,4,6H2. The van der Waals surface area contributed by atoms with Crippen molar-refractivity contribution in [3.05, 3.63) is 59.4 Å². The van der Waals surface area contributed by atoms with Crippen LogP contribution in [0.4, 0.5) is 14.5 Å². The average molecular weight is 259 g/mol. The fourth-order valence-electron chi connectivity index (χ4n) is 1.67. The number of halogens is 2. The molecule has 0 radical (unpaired) electrons. The van der Waals surface area contributed by atoms with Crippen molar-refractivity contribution < 1.29 is 8.78 Å². The van der Waals surface area contributed by atoms with Crippen LogP contribution >= 0.6 is 0 Å². The number of anilines is 1. The molecule has 0 fully saturated rings. The summed E-state index contributed by atoms with van der Waals surface area (Å²) in [6.07, 6.45) is 2.22. The van der Waals surface area contributed by atoms with Crippen molar-refractivity contribution in [1.29, 1.82) is 5.26 Å². The molecule has 0 amide bonds. The zero-order chi connectivity index (χ0) is 13.7. The molecule has 3 nitrogen and oxygen atoms in total. The first kappa shape index (κ1) is 13.0. The fourth-order valence-corrected chi connectivity index (χ4v) is 1.67. The van der Waals surface area contributed by atoms with Crippen LogP contribution in [-0.2, 0) is 6.42 Å². The van der Waals surface area contributed by atoms with E-state index in [9.17, 15) is 8.78 Å². The SMILES string of the molecule is N#Cc1cc(F)c(NCCc2ccccn2)c(F)c1. The predicted molar refractivity (Wildman–Crippen MR) is 67.5 cm³/mol. The maximum atomic E-state index is 13.6. The smallest absolute Gasteiger partial charge is 0.150 e. The Morgan fingerprint density at radius 1 is 1.21 bits per heavy atom. The van der Waals surface area contributed by atoms with Crippen LogP contribution in [-0.4, -0.2) is 11.5 Å². The zero-order valence-corrected chi connectivity index (χ0v) is 10.0. The van der Waals surface area contributed by atoms with Gasteiger partial charge in [-0.15, -0.1) is 0 Å². The Bertz CT molecular complexity index is 583. The largest absolute Gasteiger partial charge is 0.380 e. The summed E-state index contributed by atoms with van der Waals surface area (Å²) < 4.78 is 27.1. The molecule has 1 aromatic carbocycles. The summed E-state index contributed by atoms with van der Waals surface area (Å²) in [4.78, 5) is 4.11. The Morgan fingerprint density at radius 3 is 2.53 bits per heavy atom. The normalized spacial score (nSPS) is 9.95. The predicted octanol–water partition coefficient (Wildman–Crippen LogP) is 2.89. The number of nitrogens with one attached hydrogen (secondary N) is 1. The quantitative estimate of drug-likeness (QED) is 0.918. The number of benzene rings is 1. The molecule has 1 heterocycles. The van der Waals surface area contributed by atoms with Gasteiger partial charge in [0.2, 0.25) is 0 Å². The minimum absolute atomic E-state index is 0.0368. The summed E-state index contributed by atoms with van der Waals surface area (Å²) >= 11 is 0. The number of rotatable bonds is 4. The van der Waals surface area contributed by atoms with E-state index in [1.807, 2.05) is 12.1 Å². The van der Waals surface area contributed by atoms with E-state index in [4.69, 9.17) is 5.26 Å². The van der Waals surface area contributed by atoms with Crippen molar-refractivity contribution >= 4 is 5.69 Å². The van der Waals surface area contributed by atoms with Crippen LogP contribution in [0.3, 0.4) is 0 Å². The zero-order valence-electron chi connectivity index (χ0n) is 10.0. The van der Waals surface area contributed by atoms with Gasteiger partial charge in [-0.1, -0.05) is 6.07 Å². The third-order valence-corrected chi connectivity index (χ3v) is 2.58. The van der Waals surface area contributed by atoms with Crippen LogP contribution in [0, 0.1) is 23.0 Å². The molecule has 2 aromatic rings. The van der Waals surface area contributed by atoms with Crippen LogP contribution in [0.25, 0.3) is 0 Å². The number of nitrogens with zero attached hydrogens (tertiary/aromatic N) is 2. The molecule has 0 atom stereocenters. The second-order valence-electron chi connectivity index (χ2n) is 3.92. The van der Waals surface area contributed by atoms with Crippen molar-refractivity contribution in [1.82, 2.24) is 4.98 Å². The van der Waals surface area contributed by atoms with Gasteiger partial charge in [0.25, 0.3) is 0 Å². The van der Waals surface area contributed by atoms with Crippen molar-refractivity contribution in [2.24, 2.45) is 0 Å². The highest BCUT2D eigenvalue weighted by molar-refractivity contribution is 5.50. The molecule has 0 aliphatic rings. The molecule has 19 heavy (non-hydrogen) atoms. The van der Waals surface area contributed by atoms with E-state index in [2.05, 4.69) is 10.3 Å². The number of pyridine rings is 1. The van der Waals surface area contributed by atoms with E-state index in [-0.39, 0.29) is 11.3 Å². The third kappa shape index (κ3) is 3.26. The van der Waals surface area contributed by atoms with E-state index in [0.717, 1.165) is 17.8 Å². The van der Waals surface area contributed by atoms with Crippen molar-refractivity contribution in [3.63, 3.8) is 0 Å². The Morgan fingerprint density at radius 2 is 1.95 bits per heavy atom. The minimum Gasteiger partial charge on any atom is -0.380 e. The first-order chi connectivity index (χ1) is 9.20. The number of aromatic nitrogens is 1. The molecule has 1 N–H and O–H groups in total. The Labute approximate surface area is 109 Å². The molecule has 0 aliphatic heterocycles. The molecule has 0 bridgehead atoms. The molecule has 0 saturated heterocycles. The van der Waals surface area contributed by atoms with Gasteiger partial charge in [-0.25, -0.2) is 8.78 Å². The summed E-state index contributed by atoms with van der Waals surface area (Å²) in [6, 6.07) is 9.21. The van der Waals surface area contributed by atoms with Crippen LogP contribution in [0.5, 0.6) is 0 Å². The maximum Gasteiger partial charge on any atom is 0.150 e. The van der Waals surface area contributed by atoms with Crippen LogP contribution in [0.15, 0.2) is 36.5 Å². The van der Waals surface area contributed by atoms with Gasteiger partial charge in [-0.2, -0.15) is 5.26 Å². The Balaban J connectivity index is 2.02. The summed E-state index contributed by atoms with van der Waals surface area (Å²) in [7, 11) is 0. The highest BCUT2D eigenvalue weighted by Crippen LogP contribution is 2.20. The van der Waals surface area contributed by atoms with E-state index in [1.54, 1.807) is 18.3 Å². The lowest BCUT2D eigenvalue weighted by Gasteiger charge is -2.08. The van der Waals surface area contributed by atoms with Gasteiger partial charge in [-0.05, 0) is 24.3 Å². The van der Waals surface area contributed by atoms with E-state index < -0.39 is 11.6 Å². The summed E-state index contributed by atoms with van der Waals surface area (Å²) in [5.41, 5.74) is 0.588. The lowest BCUT2D eigenvalue weighted by molar-refractivity contribution is 0.587. The van der Waals surface area contributed by atoms with Gasteiger partial charge in [0, 0.05) is 24.9 Å². The molecule has 0 saturated carbocycles. The van der Waals surface area contributed by atoms with Crippen molar-refractivity contribution in [2.45, 2.75) is 6.42 Å². The summed E-state index contributed by atoms with van der Waals surface area (Å²) in [6.45, 7) is 0.358. The lowest BCUT2D eigenvalue weighted by Crippen LogP contribution is -2.09. The first-order valence-corrected chi connectivity index (χ1v) is 5.73. The number of hydrogen-bond acceptors (Lipinski definition) is 3. The average Bonchev–Trinajstić information content (AvgIpc) is 2.42. The van der Waals surface area contributed by atoms with E-state index in [0.29, 0.717) is 13.0 Å². The highest BCUT2D eigenvalue weighted by atomic mass is 19.1. The molecule has 0 unspecified atom stereocenters. The van der Waals surface area contributed by atoms with Crippen LogP contribution in [0.1, 0.15) is 11.3 Å². The maximum absolute atomic E-state index is 13.6. The highest BCUT2D eigenvalue weighted by Gasteiger charge is 2.10. The molecule has 0 spiro atoms. The van der Waals surface area contributed by atoms with Gasteiger partial charge in [0.15, 0.2) is 11.6 Å². The minimum atomic E-state index is -0.766. The van der Waals surface area contributed by atoms with Gasteiger partial charge in [-0.3, -0.25) is 4.98 Å².